The number of amides is 3. The van der Waals surface area contributed by atoms with E-state index in [1.54, 1.807) is 0 Å². The third-order valence-corrected chi connectivity index (χ3v) is 4.90. The highest BCUT2D eigenvalue weighted by atomic mass is 16.2. The van der Waals surface area contributed by atoms with Gasteiger partial charge in [0.2, 0.25) is 5.91 Å². The molecule has 1 saturated carbocycles. The number of hydrogen-bond acceptors (Lipinski definition) is 3. The van der Waals surface area contributed by atoms with Crippen molar-refractivity contribution in [2.45, 2.75) is 57.8 Å². The molecule has 4 rings (SSSR count). The highest BCUT2D eigenvalue weighted by Crippen LogP contribution is 2.22. The number of rotatable bonds is 3. The lowest BCUT2D eigenvalue weighted by Gasteiger charge is -2.22. The van der Waals surface area contributed by atoms with Crippen molar-refractivity contribution in [1.29, 1.82) is 0 Å². The Balaban J connectivity index is 1.49. The number of nitrogens with zero attached hydrogens (tertiary/aromatic N) is 4. The Hall–Kier alpha value is -2.05. The first-order chi connectivity index (χ1) is 11.2. The SMILES string of the molecule is O=C1CCCN1Cc1ncn2c1CN(C(=O)NC1CC1)CCC2. The lowest BCUT2D eigenvalue weighted by atomic mass is 10.3. The summed E-state index contributed by atoms with van der Waals surface area (Å²) in [4.78, 5) is 32.5. The number of hydrogen-bond donors (Lipinski definition) is 1. The van der Waals surface area contributed by atoms with E-state index in [1.807, 2.05) is 16.1 Å². The maximum absolute atomic E-state index is 12.4. The number of imidazole rings is 1. The molecule has 3 amide bonds. The van der Waals surface area contributed by atoms with E-state index >= 15 is 0 Å². The average Bonchev–Trinajstić information content (AvgIpc) is 3.21. The van der Waals surface area contributed by atoms with Crippen molar-refractivity contribution in [3.8, 4) is 0 Å². The first kappa shape index (κ1) is 14.5. The number of carbonyl (C=O) groups is 2. The van der Waals surface area contributed by atoms with Gasteiger partial charge in [0.05, 0.1) is 30.8 Å². The molecule has 0 aromatic carbocycles. The number of aryl methyl sites for hydroxylation is 1. The molecule has 2 aliphatic heterocycles. The first-order valence-corrected chi connectivity index (χ1v) is 8.57. The molecule has 3 heterocycles. The molecule has 0 unspecified atom stereocenters. The van der Waals surface area contributed by atoms with Crippen molar-refractivity contribution in [2.24, 2.45) is 0 Å². The molecule has 7 nitrogen and oxygen atoms in total. The summed E-state index contributed by atoms with van der Waals surface area (Å²) in [7, 11) is 0. The number of carbonyl (C=O) groups excluding carboxylic acids is 2. The molecular weight excluding hydrogens is 294 g/mol. The van der Waals surface area contributed by atoms with E-state index in [0.29, 0.717) is 25.6 Å². The summed E-state index contributed by atoms with van der Waals surface area (Å²) >= 11 is 0. The fourth-order valence-electron chi connectivity index (χ4n) is 3.37. The Morgan fingerprint density at radius 2 is 2.13 bits per heavy atom. The van der Waals surface area contributed by atoms with Gasteiger partial charge in [-0.1, -0.05) is 0 Å². The van der Waals surface area contributed by atoms with Gasteiger partial charge in [-0.15, -0.1) is 0 Å². The minimum absolute atomic E-state index is 0.0327. The maximum atomic E-state index is 12.4. The lowest BCUT2D eigenvalue weighted by molar-refractivity contribution is -0.128. The quantitative estimate of drug-likeness (QED) is 0.907. The summed E-state index contributed by atoms with van der Waals surface area (Å²) in [5, 5.41) is 3.07. The molecule has 0 bridgehead atoms. The summed E-state index contributed by atoms with van der Waals surface area (Å²) in [6.07, 6.45) is 6.56. The molecule has 2 fully saturated rings. The van der Waals surface area contributed by atoms with Crippen LogP contribution in [0.15, 0.2) is 6.33 Å². The Labute approximate surface area is 135 Å². The minimum atomic E-state index is 0.0327. The van der Waals surface area contributed by atoms with Gasteiger partial charge in [-0.2, -0.15) is 0 Å². The van der Waals surface area contributed by atoms with Gasteiger partial charge in [-0.25, -0.2) is 9.78 Å². The van der Waals surface area contributed by atoms with Gasteiger partial charge < -0.3 is 19.7 Å². The third-order valence-electron chi connectivity index (χ3n) is 4.90. The summed E-state index contributed by atoms with van der Waals surface area (Å²) in [6.45, 7) is 3.61. The van der Waals surface area contributed by atoms with Crippen LogP contribution in [0.1, 0.15) is 43.5 Å². The average molecular weight is 317 g/mol. The number of urea groups is 1. The molecule has 124 valence electrons. The highest BCUT2D eigenvalue weighted by Gasteiger charge is 2.29. The second kappa shape index (κ2) is 5.86. The van der Waals surface area contributed by atoms with E-state index in [-0.39, 0.29) is 11.9 Å². The van der Waals surface area contributed by atoms with Crippen LogP contribution in [-0.4, -0.2) is 50.4 Å². The summed E-state index contributed by atoms with van der Waals surface area (Å²) in [6, 6.07) is 0.405. The van der Waals surface area contributed by atoms with E-state index in [4.69, 9.17) is 0 Å². The zero-order valence-corrected chi connectivity index (χ0v) is 13.3. The van der Waals surface area contributed by atoms with Crippen LogP contribution in [-0.2, 0) is 24.4 Å². The van der Waals surface area contributed by atoms with Crippen molar-refractivity contribution in [1.82, 2.24) is 24.7 Å². The fraction of sp³-hybridized carbons (Fsp3) is 0.688. The third kappa shape index (κ3) is 3.04. The van der Waals surface area contributed by atoms with Crippen LogP contribution in [0.4, 0.5) is 4.79 Å². The van der Waals surface area contributed by atoms with Gasteiger partial charge in [0.1, 0.15) is 0 Å². The highest BCUT2D eigenvalue weighted by molar-refractivity contribution is 5.78. The Morgan fingerprint density at radius 3 is 2.87 bits per heavy atom. The minimum Gasteiger partial charge on any atom is -0.337 e. The second-order valence-corrected chi connectivity index (χ2v) is 6.75. The molecular formula is C16H23N5O2. The van der Waals surface area contributed by atoms with Gasteiger partial charge in [0.15, 0.2) is 0 Å². The summed E-state index contributed by atoms with van der Waals surface area (Å²) in [5.74, 6) is 0.212. The molecule has 1 aromatic heterocycles. The predicted octanol–water partition coefficient (Wildman–Crippen LogP) is 1.08. The molecule has 7 heteroatoms. The smallest absolute Gasteiger partial charge is 0.317 e. The van der Waals surface area contributed by atoms with Crippen LogP contribution < -0.4 is 5.32 Å². The van der Waals surface area contributed by atoms with Gasteiger partial charge in [-0.3, -0.25) is 4.79 Å². The van der Waals surface area contributed by atoms with Crippen molar-refractivity contribution >= 4 is 11.9 Å². The standard InChI is InChI=1S/C16H23N5O2/c22-15-3-1-6-19(15)9-13-14-10-20(16(23)18-12-4-5-12)7-2-8-21(14)11-17-13/h11-12H,1-10H2,(H,18,23). The van der Waals surface area contributed by atoms with Crippen molar-refractivity contribution in [3.63, 3.8) is 0 Å². The van der Waals surface area contributed by atoms with Crippen molar-refractivity contribution in [3.05, 3.63) is 17.7 Å². The Morgan fingerprint density at radius 1 is 1.26 bits per heavy atom. The Kier molecular flexibility index (Phi) is 3.71. The van der Waals surface area contributed by atoms with Crippen LogP contribution >= 0.6 is 0 Å². The van der Waals surface area contributed by atoms with Crippen molar-refractivity contribution < 1.29 is 9.59 Å². The Bertz CT molecular complexity index is 622. The van der Waals surface area contributed by atoms with E-state index in [9.17, 15) is 9.59 Å². The normalized spacial score (nSPS) is 21.3. The summed E-state index contributed by atoms with van der Waals surface area (Å²) in [5.41, 5.74) is 2.01. The van der Waals surface area contributed by atoms with Crippen LogP contribution in [0.25, 0.3) is 0 Å². The van der Waals surface area contributed by atoms with Gasteiger partial charge in [-0.05, 0) is 25.7 Å². The molecule has 0 atom stereocenters. The zero-order chi connectivity index (χ0) is 15.8. The topological polar surface area (TPSA) is 70.5 Å². The number of fused-ring (bicyclic) bond motifs is 1. The molecule has 0 spiro atoms. The zero-order valence-electron chi connectivity index (χ0n) is 13.3. The molecule has 23 heavy (non-hydrogen) atoms. The van der Waals surface area contributed by atoms with Crippen LogP contribution in [0, 0.1) is 0 Å². The molecule has 1 saturated heterocycles. The van der Waals surface area contributed by atoms with E-state index < -0.39 is 0 Å². The maximum Gasteiger partial charge on any atom is 0.317 e. The van der Waals surface area contributed by atoms with Gasteiger partial charge in [0.25, 0.3) is 0 Å². The van der Waals surface area contributed by atoms with Crippen LogP contribution in [0.3, 0.4) is 0 Å². The molecule has 3 aliphatic rings. The van der Waals surface area contributed by atoms with Crippen LogP contribution in [0.2, 0.25) is 0 Å². The fourth-order valence-corrected chi connectivity index (χ4v) is 3.37. The number of nitrogens with one attached hydrogen (secondary N) is 1. The van der Waals surface area contributed by atoms with E-state index in [0.717, 1.165) is 56.7 Å². The van der Waals surface area contributed by atoms with Gasteiger partial charge in [0, 0.05) is 32.1 Å². The summed E-state index contributed by atoms with van der Waals surface area (Å²) < 4.78 is 2.14. The predicted molar refractivity (Wildman–Crippen MR) is 83.5 cm³/mol. The molecule has 0 radical (unpaired) electrons. The van der Waals surface area contributed by atoms with Crippen LogP contribution in [0.5, 0.6) is 0 Å². The van der Waals surface area contributed by atoms with E-state index in [2.05, 4.69) is 14.9 Å². The molecule has 1 N–H and O–H groups in total. The molecule has 1 aromatic rings. The monoisotopic (exact) mass is 317 g/mol. The van der Waals surface area contributed by atoms with E-state index in [1.165, 1.54) is 0 Å². The molecule has 1 aliphatic carbocycles. The number of aromatic nitrogens is 2. The lowest BCUT2D eigenvalue weighted by Crippen LogP contribution is -2.40. The van der Waals surface area contributed by atoms with Crippen molar-refractivity contribution in [2.75, 3.05) is 13.1 Å². The first-order valence-electron chi connectivity index (χ1n) is 8.57. The number of likely N-dealkylation sites (tertiary alicyclic amines) is 1. The largest absolute Gasteiger partial charge is 0.337 e. The second-order valence-electron chi connectivity index (χ2n) is 6.75. The van der Waals surface area contributed by atoms with Gasteiger partial charge >= 0.3 is 6.03 Å².